The van der Waals surface area contributed by atoms with Crippen LogP contribution in [-0.4, -0.2) is 0 Å². The third kappa shape index (κ3) is 10.3. The average Bonchev–Trinajstić information content (AvgIpc) is 3.50. The van der Waals surface area contributed by atoms with Crippen LogP contribution in [0.4, 0.5) is 56.9 Å². The van der Waals surface area contributed by atoms with E-state index < -0.39 is 0 Å². The molecule has 0 aromatic heterocycles. The maximum Gasteiger partial charge on any atom is 0.0462 e. The van der Waals surface area contributed by atoms with Gasteiger partial charge in [-0.25, -0.2) is 0 Å². The molecule has 0 unspecified atom stereocenters. The van der Waals surface area contributed by atoms with Gasteiger partial charge in [0.25, 0.3) is 0 Å². The molecule has 0 saturated heterocycles. The number of nitrogens with zero attached hydrogens (tertiary/aromatic N) is 4. The first-order valence-electron chi connectivity index (χ1n) is 26.4. The monoisotopic (exact) mass is 978 g/mol. The van der Waals surface area contributed by atoms with Gasteiger partial charge in [0, 0.05) is 68.3 Å². The molecule has 2 aliphatic carbocycles. The number of allylic oxidation sites excluding steroid dienone is 8. The van der Waals surface area contributed by atoms with Gasteiger partial charge in [0.1, 0.15) is 0 Å². The van der Waals surface area contributed by atoms with Crippen molar-refractivity contribution in [2.45, 2.75) is 25.7 Å². The zero-order valence-electron chi connectivity index (χ0n) is 42.5. The molecule has 12 rings (SSSR count). The lowest BCUT2D eigenvalue weighted by molar-refractivity contribution is 0.918. The third-order valence-corrected chi connectivity index (χ3v) is 14.4. The van der Waals surface area contributed by atoms with Gasteiger partial charge in [-0.15, -0.1) is 0 Å². The van der Waals surface area contributed by atoms with Crippen LogP contribution in [0.2, 0.25) is 0 Å². The van der Waals surface area contributed by atoms with E-state index in [0.29, 0.717) is 0 Å². The van der Waals surface area contributed by atoms with Crippen molar-refractivity contribution in [2.24, 2.45) is 0 Å². The fourth-order valence-corrected chi connectivity index (χ4v) is 10.6. The maximum atomic E-state index is 2.44. The summed E-state index contributed by atoms with van der Waals surface area (Å²) in [4.78, 5) is 9.44. The van der Waals surface area contributed by atoms with E-state index >= 15 is 0 Å². The Labute approximate surface area is 448 Å². The summed E-state index contributed by atoms with van der Waals surface area (Å²) in [5.41, 5.74) is 21.2. The minimum Gasteiger partial charge on any atom is -0.314 e. The van der Waals surface area contributed by atoms with Gasteiger partial charge in [0.2, 0.25) is 0 Å². The fourth-order valence-electron chi connectivity index (χ4n) is 10.6. The Bertz CT molecular complexity index is 3550. The number of hydrogen-bond donors (Lipinski definition) is 0. The Morgan fingerprint density at radius 3 is 0.776 bits per heavy atom. The van der Waals surface area contributed by atoms with Crippen molar-refractivity contribution >= 4 is 62.4 Å². The third-order valence-electron chi connectivity index (χ3n) is 14.4. The van der Waals surface area contributed by atoms with Crippen LogP contribution in [-0.2, 0) is 0 Å². The Morgan fingerprint density at radius 1 is 0.211 bits per heavy atom. The molecule has 0 aliphatic heterocycles. The summed E-state index contributed by atoms with van der Waals surface area (Å²) < 4.78 is 0. The van der Waals surface area contributed by atoms with E-state index in [1.165, 1.54) is 50.5 Å². The molecule has 76 heavy (non-hydrogen) atoms. The van der Waals surface area contributed by atoms with Gasteiger partial charge in [-0.3, -0.25) is 0 Å². The molecule has 4 heteroatoms. The second-order valence-electron chi connectivity index (χ2n) is 19.2. The minimum atomic E-state index is 0.892. The molecule has 366 valence electrons. The summed E-state index contributed by atoms with van der Waals surface area (Å²) in [5, 5.41) is 0. The van der Waals surface area contributed by atoms with E-state index in [1.807, 2.05) is 0 Å². The quantitative estimate of drug-likeness (QED) is 0.101. The molecular formula is C72H58N4. The lowest BCUT2D eigenvalue weighted by Gasteiger charge is -2.30. The maximum absolute atomic E-state index is 2.44. The molecule has 0 bridgehead atoms. The molecule has 0 fully saturated rings. The van der Waals surface area contributed by atoms with Crippen LogP contribution >= 0.6 is 0 Å². The molecule has 0 saturated carbocycles. The van der Waals surface area contributed by atoms with Crippen molar-refractivity contribution in [2.75, 3.05) is 19.6 Å². The molecule has 0 spiro atoms. The van der Waals surface area contributed by atoms with Crippen LogP contribution in [0.15, 0.2) is 315 Å². The second kappa shape index (κ2) is 22.2. The summed E-state index contributed by atoms with van der Waals surface area (Å²) in [6.45, 7) is 0. The smallest absolute Gasteiger partial charge is 0.0462 e. The summed E-state index contributed by atoms with van der Waals surface area (Å²) in [7, 11) is 0. The first-order chi connectivity index (χ1) is 37.7. The highest BCUT2D eigenvalue weighted by Gasteiger charge is 2.21. The van der Waals surface area contributed by atoms with Crippen LogP contribution in [0.25, 0.3) is 27.8 Å². The van der Waals surface area contributed by atoms with Crippen molar-refractivity contribution in [1.29, 1.82) is 0 Å². The average molecular weight is 979 g/mol. The highest BCUT2D eigenvalue weighted by atomic mass is 15.2. The van der Waals surface area contributed by atoms with E-state index in [0.717, 1.165) is 76.9 Å². The predicted octanol–water partition coefficient (Wildman–Crippen LogP) is 20.2. The van der Waals surface area contributed by atoms with Gasteiger partial charge in [0.15, 0.2) is 0 Å². The molecule has 0 heterocycles. The first-order valence-corrected chi connectivity index (χ1v) is 26.4. The van der Waals surface area contributed by atoms with E-state index in [2.05, 4.69) is 323 Å². The summed E-state index contributed by atoms with van der Waals surface area (Å²) in [5.74, 6) is 0. The Balaban J connectivity index is 0.845. The molecule has 10 aromatic rings. The highest BCUT2D eigenvalue weighted by molar-refractivity contribution is 5.82. The largest absolute Gasteiger partial charge is 0.314 e. The van der Waals surface area contributed by atoms with Gasteiger partial charge in [-0.05, 0) is 193 Å². The van der Waals surface area contributed by atoms with Crippen molar-refractivity contribution in [3.8, 4) is 22.3 Å². The SMILES string of the molecule is C1=CCCC(N(c2ccccc2)c2ccc(-c3ccc(N(C4=CC=C(c5ccc(N(c6ccccc6)c6ccccc6)cc5)CC4)c4ccc(-c5ccc(N(c6ccccc6)c6ccccc6)cc5)cc4)cc3)cc2)=C1. The summed E-state index contributed by atoms with van der Waals surface area (Å²) in [6.07, 6.45) is 15.2. The number of hydrogen-bond acceptors (Lipinski definition) is 4. The minimum absolute atomic E-state index is 0.892. The first kappa shape index (κ1) is 47.4. The molecule has 0 atom stereocenters. The molecule has 10 aromatic carbocycles. The van der Waals surface area contributed by atoms with Crippen molar-refractivity contribution < 1.29 is 0 Å². The number of para-hydroxylation sites is 5. The topological polar surface area (TPSA) is 13.0 Å². The van der Waals surface area contributed by atoms with Crippen molar-refractivity contribution in [3.05, 3.63) is 320 Å². The Morgan fingerprint density at radius 2 is 0.487 bits per heavy atom. The van der Waals surface area contributed by atoms with E-state index in [9.17, 15) is 0 Å². The zero-order valence-corrected chi connectivity index (χ0v) is 42.5. The number of anilines is 10. The van der Waals surface area contributed by atoms with E-state index in [-0.39, 0.29) is 0 Å². The molecular weight excluding hydrogens is 921 g/mol. The highest BCUT2D eigenvalue weighted by Crippen LogP contribution is 2.42. The Kier molecular flexibility index (Phi) is 13.9. The van der Waals surface area contributed by atoms with Gasteiger partial charge < -0.3 is 19.6 Å². The van der Waals surface area contributed by atoms with Crippen LogP contribution in [0.1, 0.15) is 31.2 Å². The summed E-state index contributed by atoms with van der Waals surface area (Å²) >= 11 is 0. The molecule has 4 nitrogen and oxygen atoms in total. The van der Waals surface area contributed by atoms with Crippen LogP contribution < -0.4 is 19.6 Å². The van der Waals surface area contributed by atoms with Crippen molar-refractivity contribution in [1.82, 2.24) is 0 Å². The second-order valence-corrected chi connectivity index (χ2v) is 19.2. The van der Waals surface area contributed by atoms with Crippen LogP contribution in [0.5, 0.6) is 0 Å². The van der Waals surface area contributed by atoms with Crippen LogP contribution in [0.3, 0.4) is 0 Å². The van der Waals surface area contributed by atoms with Gasteiger partial charge >= 0.3 is 0 Å². The van der Waals surface area contributed by atoms with Crippen molar-refractivity contribution in [3.63, 3.8) is 0 Å². The lowest BCUT2D eigenvalue weighted by Crippen LogP contribution is -2.18. The van der Waals surface area contributed by atoms with E-state index in [4.69, 9.17) is 0 Å². The normalized spacial score (nSPS) is 13.0. The number of benzene rings is 10. The summed E-state index contributed by atoms with van der Waals surface area (Å²) in [6, 6.07) is 98.2. The fraction of sp³-hybridized carbons (Fsp3) is 0.0556. The molecule has 2 aliphatic rings. The predicted molar refractivity (Wildman–Crippen MR) is 322 cm³/mol. The molecule has 0 amide bonds. The van der Waals surface area contributed by atoms with Gasteiger partial charge in [-0.1, -0.05) is 170 Å². The zero-order chi connectivity index (χ0) is 50.9. The van der Waals surface area contributed by atoms with Crippen LogP contribution in [0, 0.1) is 0 Å². The van der Waals surface area contributed by atoms with Gasteiger partial charge in [-0.2, -0.15) is 0 Å². The van der Waals surface area contributed by atoms with Gasteiger partial charge in [0.05, 0.1) is 0 Å². The standard InChI is InChI=1S/C72H58N4/c1-7-19-61(20-8-1)73(62-21-9-2-10-22-62)67-43-31-55(32-44-67)58-37-49-70(50-38-58)76(71-51-39-59(40-52-71)56-33-45-68(46-34-56)74(63-23-11-3-12-24-63)64-25-13-4-14-26-64)72-53-41-60(42-54-72)57-35-47-69(48-36-57)75(65-27-15-5-16-28-65)66-29-17-6-18-30-66/h1-17,19-29,31-39,41-51,53-54H,18,30,40,52H2. The van der Waals surface area contributed by atoms with E-state index in [1.54, 1.807) is 0 Å². The Hall–Kier alpha value is -9.64. The lowest BCUT2D eigenvalue weighted by atomic mass is 9.94. The number of rotatable bonds is 15. The molecule has 0 radical (unpaired) electrons. The molecule has 0 N–H and O–H groups in total.